The van der Waals surface area contributed by atoms with E-state index in [4.69, 9.17) is 17.0 Å². The SMILES string of the molecule is N=C1/C(=C/c2cn(Cc3ccc(Cl)cc3)c3ccccc23)C(=O)N=C2SC(CC(=O)N3CCCCC3)=NN12. The number of thioether (sulfide) groups is 1. The molecule has 0 unspecified atom stereocenters. The van der Waals surface area contributed by atoms with E-state index in [0.717, 1.165) is 54.4 Å². The maximum atomic E-state index is 13.0. The first kappa shape index (κ1) is 24.6. The molecule has 1 N–H and O–H groups in total. The van der Waals surface area contributed by atoms with Crippen LogP contribution in [0.5, 0.6) is 0 Å². The normalized spacial score (nSPS) is 18.7. The van der Waals surface area contributed by atoms with Gasteiger partial charge < -0.3 is 9.47 Å². The van der Waals surface area contributed by atoms with E-state index in [-0.39, 0.29) is 23.7 Å². The monoisotopic (exact) mass is 544 g/mol. The van der Waals surface area contributed by atoms with Crippen molar-refractivity contribution >= 4 is 68.2 Å². The Morgan fingerprint density at radius 2 is 1.84 bits per heavy atom. The number of aliphatic imine (C=N–C) groups is 1. The second kappa shape index (κ2) is 10.2. The number of aromatic nitrogens is 1. The third-order valence-corrected chi connectivity index (χ3v) is 8.05. The fourth-order valence-electron chi connectivity index (χ4n) is 4.95. The Morgan fingerprint density at radius 1 is 1.08 bits per heavy atom. The highest BCUT2D eigenvalue weighted by molar-refractivity contribution is 8.27. The maximum Gasteiger partial charge on any atom is 0.283 e. The van der Waals surface area contributed by atoms with Gasteiger partial charge in [-0.1, -0.05) is 41.9 Å². The number of amides is 2. The molecule has 1 saturated heterocycles. The number of hydrogen-bond acceptors (Lipinski definition) is 5. The number of piperidine rings is 1. The zero-order valence-electron chi connectivity index (χ0n) is 20.6. The second-order valence-corrected chi connectivity index (χ2v) is 11.0. The van der Waals surface area contributed by atoms with Gasteiger partial charge in [0.05, 0.1) is 12.0 Å². The van der Waals surface area contributed by atoms with Gasteiger partial charge in [0, 0.05) is 47.3 Å². The summed E-state index contributed by atoms with van der Waals surface area (Å²) in [5.74, 6) is -0.497. The number of halogens is 1. The van der Waals surface area contributed by atoms with Crippen molar-refractivity contribution in [2.45, 2.75) is 32.2 Å². The van der Waals surface area contributed by atoms with Gasteiger partial charge >= 0.3 is 0 Å². The molecule has 1 aromatic heterocycles. The average Bonchev–Trinajstić information content (AvgIpc) is 3.49. The molecule has 0 bridgehead atoms. The summed E-state index contributed by atoms with van der Waals surface area (Å²) in [6, 6.07) is 15.7. The van der Waals surface area contributed by atoms with Gasteiger partial charge in [-0.15, -0.1) is 0 Å². The predicted octanol–water partition coefficient (Wildman–Crippen LogP) is 5.36. The molecule has 192 valence electrons. The van der Waals surface area contributed by atoms with Gasteiger partial charge in [0.1, 0.15) is 5.04 Å². The minimum atomic E-state index is -0.484. The minimum Gasteiger partial charge on any atom is -0.342 e. The lowest BCUT2D eigenvalue weighted by molar-refractivity contribution is -0.130. The summed E-state index contributed by atoms with van der Waals surface area (Å²) in [5.41, 5.74) is 3.09. The molecule has 3 aromatic rings. The molecule has 0 atom stereocenters. The molecule has 0 saturated carbocycles. The molecule has 3 aliphatic heterocycles. The molecule has 38 heavy (non-hydrogen) atoms. The maximum absolute atomic E-state index is 13.0. The molecule has 3 aliphatic rings. The van der Waals surface area contributed by atoms with Crippen molar-refractivity contribution in [3.05, 3.63) is 76.5 Å². The lowest BCUT2D eigenvalue weighted by atomic mass is 10.1. The molecular formula is C28H25ClN6O2S. The van der Waals surface area contributed by atoms with Gasteiger partial charge in [0.2, 0.25) is 11.1 Å². The molecule has 0 spiro atoms. The fourth-order valence-corrected chi connectivity index (χ4v) is 5.95. The number of benzene rings is 2. The molecule has 2 aromatic carbocycles. The van der Waals surface area contributed by atoms with Crippen molar-refractivity contribution in [2.75, 3.05) is 13.1 Å². The van der Waals surface area contributed by atoms with Gasteiger partial charge in [0.25, 0.3) is 5.91 Å². The van der Waals surface area contributed by atoms with Gasteiger partial charge in [0.15, 0.2) is 5.84 Å². The van der Waals surface area contributed by atoms with Gasteiger partial charge in [-0.05, 0) is 60.9 Å². The van der Waals surface area contributed by atoms with Crippen LogP contribution in [0.1, 0.15) is 36.8 Å². The highest BCUT2D eigenvalue weighted by Gasteiger charge is 2.36. The number of nitrogens with one attached hydrogen (secondary N) is 1. The molecule has 1 fully saturated rings. The van der Waals surface area contributed by atoms with Gasteiger partial charge in [-0.2, -0.15) is 15.1 Å². The van der Waals surface area contributed by atoms with Crippen LogP contribution in [0.3, 0.4) is 0 Å². The van der Waals surface area contributed by atoms with Crippen molar-refractivity contribution in [3.63, 3.8) is 0 Å². The molecule has 6 rings (SSSR count). The van der Waals surface area contributed by atoms with Gasteiger partial charge in [-0.25, -0.2) is 0 Å². The van der Waals surface area contributed by atoms with E-state index in [9.17, 15) is 9.59 Å². The first-order valence-corrected chi connectivity index (χ1v) is 13.7. The smallest absolute Gasteiger partial charge is 0.283 e. The standard InChI is InChI=1S/C28H25ClN6O2S/c29-20-10-8-18(9-11-20)16-34-17-19(21-6-2-3-7-23(21)34)14-22-26(30)35-28(31-27(22)37)38-24(32-35)15-25(36)33-12-4-1-5-13-33/h2-3,6-11,14,17,30H,1,4-5,12-13,15-16H2/b22-14-,30-26?. The molecule has 2 amide bonds. The van der Waals surface area contributed by atoms with E-state index in [1.54, 1.807) is 6.08 Å². The molecule has 0 radical (unpaired) electrons. The zero-order valence-corrected chi connectivity index (χ0v) is 22.1. The summed E-state index contributed by atoms with van der Waals surface area (Å²) < 4.78 is 2.12. The lowest BCUT2D eigenvalue weighted by Crippen LogP contribution is -2.36. The Labute approximate surface area is 229 Å². The van der Waals surface area contributed by atoms with Crippen molar-refractivity contribution in [1.29, 1.82) is 5.41 Å². The number of carbonyl (C=O) groups is 2. The summed E-state index contributed by atoms with van der Waals surface area (Å²) in [7, 11) is 0. The van der Waals surface area contributed by atoms with E-state index in [2.05, 4.69) is 14.7 Å². The van der Waals surface area contributed by atoms with Crippen LogP contribution in [0.4, 0.5) is 0 Å². The summed E-state index contributed by atoms with van der Waals surface area (Å²) in [5, 5.41) is 17.1. The number of hydrazone groups is 1. The first-order chi connectivity index (χ1) is 18.5. The van der Waals surface area contributed by atoms with Crippen LogP contribution in [-0.2, 0) is 16.1 Å². The van der Waals surface area contributed by atoms with E-state index < -0.39 is 5.91 Å². The van der Waals surface area contributed by atoms with Crippen molar-refractivity contribution in [2.24, 2.45) is 10.1 Å². The molecule has 10 heteroatoms. The van der Waals surface area contributed by atoms with Crippen molar-refractivity contribution in [3.8, 4) is 0 Å². The number of rotatable bonds is 5. The Hall–Kier alpha value is -3.69. The quantitative estimate of drug-likeness (QED) is 0.437. The van der Waals surface area contributed by atoms with Crippen LogP contribution in [0, 0.1) is 5.41 Å². The number of fused-ring (bicyclic) bond motifs is 2. The van der Waals surface area contributed by atoms with Crippen molar-refractivity contribution < 1.29 is 9.59 Å². The Kier molecular flexibility index (Phi) is 6.63. The summed E-state index contributed by atoms with van der Waals surface area (Å²) >= 11 is 7.23. The molecule has 0 aliphatic carbocycles. The summed E-state index contributed by atoms with van der Waals surface area (Å²) in [4.78, 5) is 31.8. The van der Waals surface area contributed by atoms with Crippen LogP contribution >= 0.6 is 23.4 Å². The Balaban J connectivity index is 1.27. The number of amidine groups is 2. The zero-order chi connectivity index (χ0) is 26.2. The van der Waals surface area contributed by atoms with Crippen LogP contribution in [0.2, 0.25) is 5.02 Å². The number of para-hydroxylation sites is 1. The fraction of sp³-hybridized carbons (Fsp3) is 0.250. The van der Waals surface area contributed by atoms with Crippen LogP contribution in [0.25, 0.3) is 17.0 Å². The molecular weight excluding hydrogens is 520 g/mol. The number of carbonyl (C=O) groups excluding carboxylic acids is 2. The topological polar surface area (TPSA) is 94.1 Å². The van der Waals surface area contributed by atoms with E-state index >= 15 is 0 Å². The minimum absolute atomic E-state index is 0.0264. The highest BCUT2D eigenvalue weighted by Crippen LogP contribution is 2.31. The second-order valence-electron chi connectivity index (χ2n) is 9.49. The van der Waals surface area contributed by atoms with Crippen LogP contribution in [0.15, 0.2) is 70.4 Å². The van der Waals surface area contributed by atoms with Crippen molar-refractivity contribution in [1.82, 2.24) is 14.5 Å². The molecule has 4 heterocycles. The largest absolute Gasteiger partial charge is 0.342 e. The van der Waals surface area contributed by atoms with E-state index in [0.29, 0.717) is 21.8 Å². The third-order valence-electron chi connectivity index (χ3n) is 6.89. The van der Waals surface area contributed by atoms with Crippen LogP contribution < -0.4 is 0 Å². The summed E-state index contributed by atoms with van der Waals surface area (Å²) in [6.45, 7) is 2.18. The third kappa shape index (κ3) is 4.79. The summed E-state index contributed by atoms with van der Waals surface area (Å²) in [6.07, 6.45) is 7.04. The predicted molar refractivity (Wildman–Crippen MR) is 153 cm³/mol. The van der Waals surface area contributed by atoms with E-state index in [1.165, 1.54) is 16.8 Å². The number of hydrogen-bond donors (Lipinski definition) is 1. The van der Waals surface area contributed by atoms with Gasteiger partial charge in [-0.3, -0.25) is 15.0 Å². The Bertz CT molecular complexity index is 1550. The average molecular weight is 545 g/mol. The first-order valence-electron chi connectivity index (χ1n) is 12.6. The van der Waals surface area contributed by atoms with E-state index in [1.807, 2.05) is 59.6 Å². The number of nitrogens with zero attached hydrogens (tertiary/aromatic N) is 5. The Morgan fingerprint density at radius 3 is 2.63 bits per heavy atom. The highest BCUT2D eigenvalue weighted by atomic mass is 35.5. The number of likely N-dealkylation sites (tertiary alicyclic amines) is 1. The molecule has 8 nitrogen and oxygen atoms in total. The van der Waals surface area contributed by atoms with Crippen LogP contribution in [-0.4, -0.2) is 55.4 Å². The lowest BCUT2D eigenvalue weighted by Gasteiger charge is -2.26.